The second-order valence-electron chi connectivity index (χ2n) is 10.7. The highest BCUT2D eigenvalue weighted by molar-refractivity contribution is 5.87. The van der Waals surface area contributed by atoms with Gasteiger partial charge in [-0.3, -0.25) is 14.4 Å². The van der Waals surface area contributed by atoms with E-state index in [9.17, 15) is 34.6 Å². The number of esters is 2. The van der Waals surface area contributed by atoms with Gasteiger partial charge in [0.2, 0.25) is 0 Å². The lowest BCUT2D eigenvalue weighted by atomic mass is 9.88. The maximum absolute atomic E-state index is 12.9. The summed E-state index contributed by atoms with van der Waals surface area (Å²) in [5.74, 6) is 0.179. The summed E-state index contributed by atoms with van der Waals surface area (Å²) < 4.78 is 26.7. The highest BCUT2D eigenvalue weighted by Gasteiger charge is 2.34. The molecule has 260 valence electrons. The van der Waals surface area contributed by atoms with Crippen LogP contribution in [0.2, 0.25) is 0 Å². The van der Waals surface area contributed by atoms with Crippen LogP contribution in [-0.2, 0) is 28.7 Å². The van der Waals surface area contributed by atoms with Gasteiger partial charge in [-0.1, -0.05) is 6.92 Å². The monoisotopic (exact) mass is 676 g/mol. The fraction of sp³-hybridized carbons (Fsp3) is 0.467. The van der Waals surface area contributed by atoms with Gasteiger partial charge in [0.15, 0.2) is 0 Å². The third-order valence-electron chi connectivity index (χ3n) is 7.30. The molecule has 0 aliphatic rings. The molecule has 0 saturated heterocycles. The van der Waals surface area contributed by atoms with Gasteiger partial charge in [-0.15, -0.1) is 20.2 Å². The smallest absolute Gasteiger partial charge is 0.306 e. The number of methoxy groups -OCH3 is 2. The summed E-state index contributed by atoms with van der Waals surface area (Å²) in [7, 11) is 2.96. The lowest BCUT2D eigenvalue weighted by molar-refractivity contribution is -0.772. The first-order valence-corrected chi connectivity index (χ1v) is 14.6. The minimum atomic E-state index is -1.35. The number of aryl methyl sites for hydroxylation is 2. The van der Waals surface area contributed by atoms with Gasteiger partial charge in [0, 0.05) is 17.7 Å². The Hall–Kier alpha value is -5.68. The first kappa shape index (κ1) is 36.8. The van der Waals surface area contributed by atoms with Gasteiger partial charge in [-0.05, 0) is 43.5 Å². The number of nitrogens with zero attached hydrogens (tertiary/aromatic N) is 3. The van der Waals surface area contributed by atoms with Crippen molar-refractivity contribution in [3.63, 3.8) is 0 Å². The standard InChI is InChI=1S/C30H36N4O14/c1-6-30(16-47-33(38)39,17-48-34(40)41)15-46-25(36)8-7-24(35)44-9-10-45-27-18(2)11-20(12-19(27)3)28-31-22-13-21(42-4)14-23(43-5)26(22)29(37)32-28/h11-14H,6-10,15-17H2,1-5H3,(H,31,32,37). The molecule has 0 saturated carbocycles. The number of rotatable bonds is 19. The molecule has 0 atom stereocenters. The molecule has 3 rings (SSSR count). The Kier molecular flexibility index (Phi) is 12.8. The van der Waals surface area contributed by atoms with Crippen molar-refractivity contribution in [2.75, 3.05) is 47.3 Å². The van der Waals surface area contributed by atoms with Crippen molar-refractivity contribution in [1.29, 1.82) is 0 Å². The third kappa shape index (κ3) is 9.91. The van der Waals surface area contributed by atoms with E-state index in [1.54, 1.807) is 31.2 Å². The van der Waals surface area contributed by atoms with Crippen LogP contribution >= 0.6 is 0 Å². The predicted molar refractivity (Wildman–Crippen MR) is 166 cm³/mol. The Morgan fingerprint density at radius 2 is 1.48 bits per heavy atom. The Balaban J connectivity index is 1.53. The number of benzene rings is 2. The number of nitrogens with one attached hydrogen (secondary N) is 1. The van der Waals surface area contributed by atoms with Gasteiger partial charge < -0.3 is 38.3 Å². The summed E-state index contributed by atoms with van der Waals surface area (Å²) in [5, 5.41) is 19.4. The van der Waals surface area contributed by atoms with Crippen LogP contribution < -0.4 is 19.8 Å². The van der Waals surface area contributed by atoms with Crippen molar-refractivity contribution in [3.05, 3.63) is 66.0 Å². The lowest BCUT2D eigenvalue weighted by Gasteiger charge is -2.29. The van der Waals surface area contributed by atoms with Crippen molar-refractivity contribution < 1.29 is 53.1 Å². The number of aromatic amines is 1. The number of carbonyl (C=O) groups is 2. The number of H-pyrrole nitrogens is 1. The first-order chi connectivity index (χ1) is 22.8. The second-order valence-corrected chi connectivity index (χ2v) is 10.7. The maximum Gasteiger partial charge on any atom is 0.306 e. The summed E-state index contributed by atoms with van der Waals surface area (Å²) in [6.07, 6.45) is -0.594. The van der Waals surface area contributed by atoms with E-state index in [1.165, 1.54) is 14.2 Å². The van der Waals surface area contributed by atoms with Crippen LogP contribution in [-0.4, -0.2) is 79.3 Å². The van der Waals surface area contributed by atoms with E-state index in [4.69, 9.17) is 23.7 Å². The number of hydrogen-bond acceptors (Lipinski definition) is 15. The highest BCUT2D eigenvalue weighted by Crippen LogP contribution is 2.32. The Bertz CT molecular complexity index is 1670. The van der Waals surface area contributed by atoms with E-state index in [-0.39, 0.29) is 38.0 Å². The normalized spacial score (nSPS) is 11.0. The number of aromatic nitrogens is 2. The zero-order valence-electron chi connectivity index (χ0n) is 27.0. The molecule has 0 fully saturated rings. The summed E-state index contributed by atoms with van der Waals surface area (Å²) in [6, 6.07) is 6.83. The van der Waals surface area contributed by atoms with Gasteiger partial charge in [-0.25, -0.2) is 4.98 Å². The molecule has 18 heteroatoms. The van der Waals surface area contributed by atoms with E-state index < -0.39 is 47.3 Å². The molecular weight excluding hydrogens is 640 g/mol. The molecule has 3 aromatic rings. The van der Waals surface area contributed by atoms with Gasteiger partial charge in [-0.2, -0.15) is 0 Å². The molecule has 2 aromatic carbocycles. The number of ether oxygens (including phenoxy) is 5. The average Bonchev–Trinajstić information content (AvgIpc) is 3.05. The van der Waals surface area contributed by atoms with E-state index in [2.05, 4.69) is 19.6 Å². The van der Waals surface area contributed by atoms with Gasteiger partial charge in [0.05, 0.1) is 38.0 Å². The van der Waals surface area contributed by atoms with Crippen LogP contribution in [0, 0.1) is 39.5 Å². The van der Waals surface area contributed by atoms with Crippen molar-refractivity contribution >= 4 is 22.8 Å². The molecule has 0 aliphatic carbocycles. The van der Waals surface area contributed by atoms with Gasteiger partial charge in [0.1, 0.15) is 61.5 Å². The highest BCUT2D eigenvalue weighted by atomic mass is 17.0. The van der Waals surface area contributed by atoms with Crippen LogP contribution in [0.3, 0.4) is 0 Å². The molecule has 1 aromatic heterocycles. The van der Waals surface area contributed by atoms with Crippen molar-refractivity contribution in [3.8, 4) is 28.6 Å². The minimum absolute atomic E-state index is 0.00771. The summed E-state index contributed by atoms with van der Waals surface area (Å²) >= 11 is 0. The molecule has 1 N–H and O–H groups in total. The lowest BCUT2D eigenvalue weighted by Crippen LogP contribution is -2.39. The Labute approximate surface area is 273 Å². The van der Waals surface area contributed by atoms with Crippen LogP contribution in [0.15, 0.2) is 29.1 Å². The van der Waals surface area contributed by atoms with E-state index in [0.717, 1.165) is 11.1 Å². The van der Waals surface area contributed by atoms with Crippen LogP contribution in [0.5, 0.6) is 17.2 Å². The molecule has 0 radical (unpaired) electrons. The largest absolute Gasteiger partial charge is 0.497 e. The van der Waals surface area contributed by atoms with Gasteiger partial charge >= 0.3 is 11.9 Å². The molecule has 0 unspecified atom stereocenters. The second kappa shape index (κ2) is 16.8. The Morgan fingerprint density at radius 1 is 0.875 bits per heavy atom. The molecule has 0 bridgehead atoms. The van der Waals surface area contributed by atoms with Crippen molar-refractivity contribution in [2.24, 2.45) is 5.41 Å². The zero-order valence-corrected chi connectivity index (χ0v) is 27.0. The Morgan fingerprint density at radius 3 is 2.02 bits per heavy atom. The molecular formula is C30H36N4O14. The predicted octanol–water partition coefficient (Wildman–Crippen LogP) is 3.28. The van der Waals surface area contributed by atoms with Crippen molar-refractivity contribution in [1.82, 2.24) is 9.97 Å². The molecule has 0 aliphatic heterocycles. The maximum atomic E-state index is 12.9. The average molecular weight is 677 g/mol. The summed E-state index contributed by atoms with van der Waals surface area (Å²) in [4.78, 5) is 74.6. The number of hydrogen-bond donors (Lipinski definition) is 1. The molecule has 48 heavy (non-hydrogen) atoms. The van der Waals surface area contributed by atoms with Crippen molar-refractivity contribution in [2.45, 2.75) is 40.0 Å². The number of carbonyl (C=O) groups excluding carboxylic acids is 2. The topological polar surface area (TPSA) is 231 Å². The molecule has 18 nitrogen and oxygen atoms in total. The third-order valence-corrected chi connectivity index (χ3v) is 7.30. The van der Waals surface area contributed by atoms with E-state index in [0.29, 0.717) is 39.5 Å². The fourth-order valence-electron chi connectivity index (χ4n) is 4.63. The summed E-state index contributed by atoms with van der Waals surface area (Å²) in [5.41, 5.74) is 0.783. The summed E-state index contributed by atoms with van der Waals surface area (Å²) in [6.45, 7) is 3.40. The molecule has 1 heterocycles. The van der Waals surface area contributed by atoms with E-state index >= 15 is 0 Å². The minimum Gasteiger partial charge on any atom is -0.497 e. The van der Waals surface area contributed by atoms with Crippen LogP contribution in [0.4, 0.5) is 0 Å². The van der Waals surface area contributed by atoms with Crippen LogP contribution in [0.25, 0.3) is 22.3 Å². The fourth-order valence-corrected chi connectivity index (χ4v) is 4.63. The molecule has 0 spiro atoms. The number of fused-ring (bicyclic) bond motifs is 1. The van der Waals surface area contributed by atoms with Gasteiger partial charge in [0.25, 0.3) is 15.7 Å². The quantitative estimate of drug-likeness (QED) is 0.0831. The van der Waals surface area contributed by atoms with E-state index in [1.807, 2.05) is 13.8 Å². The molecule has 0 amide bonds. The first-order valence-electron chi connectivity index (χ1n) is 14.6. The van der Waals surface area contributed by atoms with Crippen LogP contribution in [0.1, 0.15) is 37.3 Å². The zero-order chi connectivity index (χ0) is 35.4. The SMILES string of the molecule is CCC(COC(=O)CCC(=O)OCCOc1c(C)cc(-c2nc3cc(OC)cc(OC)c3c(=O)[nH]2)cc1C)(CO[N+](=O)[O-])CO[N+](=O)[O-].